The third-order valence-electron chi connectivity index (χ3n) is 3.42. The number of fused-ring (bicyclic) bond motifs is 2. The molecule has 14 heavy (non-hydrogen) atoms. The lowest BCUT2D eigenvalue weighted by molar-refractivity contribution is 0.00759. The van der Waals surface area contributed by atoms with Gasteiger partial charge in [0.15, 0.2) is 0 Å². The Morgan fingerprint density at radius 1 is 1.21 bits per heavy atom. The molecule has 0 amide bonds. The quantitative estimate of drug-likeness (QED) is 0.659. The molecule has 2 heteroatoms. The van der Waals surface area contributed by atoms with Gasteiger partial charge in [0.2, 0.25) is 0 Å². The molecule has 0 radical (unpaired) electrons. The minimum absolute atomic E-state index is 0.110. The predicted octanol–water partition coefficient (Wildman–Crippen LogP) is 1.42. The van der Waals surface area contributed by atoms with Crippen molar-refractivity contribution in [3.8, 4) is 0 Å². The molecule has 2 bridgehead atoms. The fraction of sp³-hybridized carbons (Fsp3) is 0.500. The van der Waals surface area contributed by atoms with Gasteiger partial charge in [-0.3, -0.25) is 0 Å². The van der Waals surface area contributed by atoms with Crippen molar-refractivity contribution in [2.45, 2.75) is 25.6 Å². The lowest BCUT2D eigenvalue weighted by Gasteiger charge is -2.27. The Hall–Kier alpha value is -0.860. The van der Waals surface area contributed by atoms with Crippen LogP contribution in [0.4, 0.5) is 0 Å². The summed E-state index contributed by atoms with van der Waals surface area (Å²) in [5.74, 6) is 0.241. The van der Waals surface area contributed by atoms with Crippen LogP contribution >= 0.6 is 0 Å². The zero-order valence-corrected chi connectivity index (χ0v) is 8.35. The van der Waals surface area contributed by atoms with E-state index < -0.39 is 12.2 Å². The average molecular weight is 192 g/mol. The maximum atomic E-state index is 9.75. The molecule has 2 N–H and O–H groups in total. The number of hydrogen-bond acceptors (Lipinski definition) is 2. The van der Waals surface area contributed by atoms with Crippen molar-refractivity contribution in [1.82, 2.24) is 0 Å². The molecule has 2 aliphatic rings. The zero-order valence-electron chi connectivity index (χ0n) is 8.35. The number of aliphatic hydroxyl groups excluding tert-OH is 2. The Bertz CT molecular complexity index is 314. The van der Waals surface area contributed by atoms with E-state index in [0.29, 0.717) is 0 Å². The van der Waals surface area contributed by atoms with E-state index in [-0.39, 0.29) is 11.8 Å². The summed E-state index contributed by atoms with van der Waals surface area (Å²) >= 11 is 0. The van der Waals surface area contributed by atoms with E-state index in [1.807, 2.05) is 19.1 Å². The molecule has 2 nitrogen and oxygen atoms in total. The van der Waals surface area contributed by atoms with Crippen LogP contribution in [-0.2, 0) is 0 Å². The summed E-state index contributed by atoms with van der Waals surface area (Å²) in [4.78, 5) is 0. The summed E-state index contributed by atoms with van der Waals surface area (Å²) < 4.78 is 0. The molecule has 4 unspecified atom stereocenters. The number of allylic oxidation sites excluding steroid dienone is 3. The molecule has 0 aromatic rings. The van der Waals surface area contributed by atoms with Gasteiger partial charge in [0.25, 0.3) is 0 Å². The van der Waals surface area contributed by atoms with Crippen molar-refractivity contribution in [1.29, 1.82) is 0 Å². The highest BCUT2D eigenvalue weighted by atomic mass is 16.3. The Labute approximate surface area is 84.3 Å². The van der Waals surface area contributed by atoms with Crippen LogP contribution in [0.3, 0.4) is 0 Å². The Kier molecular flexibility index (Phi) is 2.33. The van der Waals surface area contributed by atoms with Gasteiger partial charge in [-0.05, 0) is 24.5 Å². The summed E-state index contributed by atoms with van der Waals surface area (Å²) in [7, 11) is 0. The van der Waals surface area contributed by atoms with Gasteiger partial charge in [-0.1, -0.05) is 24.8 Å². The van der Waals surface area contributed by atoms with Crippen molar-refractivity contribution >= 4 is 0 Å². The van der Waals surface area contributed by atoms with Crippen LogP contribution in [-0.4, -0.2) is 22.4 Å². The van der Waals surface area contributed by atoms with Crippen LogP contribution in [0, 0.1) is 11.8 Å². The monoisotopic (exact) mass is 192 g/mol. The fourth-order valence-corrected chi connectivity index (χ4v) is 2.81. The molecule has 0 aromatic carbocycles. The maximum absolute atomic E-state index is 9.75. The van der Waals surface area contributed by atoms with Crippen molar-refractivity contribution in [2.75, 3.05) is 0 Å². The van der Waals surface area contributed by atoms with Crippen LogP contribution in [0.15, 0.2) is 36.0 Å². The van der Waals surface area contributed by atoms with E-state index in [4.69, 9.17) is 0 Å². The summed E-state index contributed by atoms with van der Waals surface area (Å²) in [5.41, 5.74) is 2.35. The van der Waals surface area contributed by atoms with Crippen LogP contribution < -0.4 is 0 Å². The van der Waals surface area contributed by atoms with Crippen molar-refractivity contribution in [2.24, 2.45) is 11.8 Å². The summed E-state index contributed by atoms with van der Waals surface area (Å²) in [5, 5.41) is 19.5. The number of rotatable bonds is 1. The van der Waals surface area contributed by atoms with Gasteiger partial charge in [0, 0.05) is 11.8 Å². The first-order valence-corrected chi connectivity index (χ1v) is 5.06. The highest BCUT2D eigenvalue weighted by Gasteiger charge is 2.51. The van der Waals surface area contributed by atoms with Gasteiger partial charge in [-0.25, -0.2) is 0 Å². The second kappa shape index (κ2) is 3.37. The Morgan fingerprint density at radius 3 is 2.29 bits per heavy atom. The normalized spacial score (nSPS) is 46.5. The molecular weight excluding hydrogens is 176 g/mol. The minimum Gasteiger partial charge on any atom is -0.390 e. The first-order valence-electron chi connectivity index (χ1n) is 5.06. The molecule has 2 rings (SSSR count). The highest BCUT2D eigenvalue weighted by Crippen LogP contribution is 2.51. The SMILES string of the molecule is C=CC=C1/C(=C\C)C2CC1C(O)C2O. The maximum Gasteiger partial charge on any atom is 0.0873 e. The van der Waals surface area contributed by atoms with Crippen molar-refractivity contribution in [3.05, 3.63) is 36.0 Å². The van der Waals surface area contributed by atoms with Crippen LogP contribution in [0.2, 0.25) is 0 Å². The van der Waals surface area contributed by atoms with Crippen LogP contribution in [0.25, 0.3) is 0 Å². The lowest BCUT2D eigenvalue weighted by Crippen LogP contribution is -2.34. The Morgan fingerprint density at radius 2 is 1.79 bits per heavy atom. The molecule has 2 saturated carbocycles. The molecule has 2 fully saturated rings. The standard InChI is InChI=1S/C12H16O2/c1-3-5-8-7(4-2)9-6-10(8)12(14)11(9)13/h3-5,9-14H,1,6H2,2H3/b7-4+,8-5?. The summed E-state index contributed by atoms with van der Waals surface area (Å²) in [6, 6.07) is 0. The first-order chi connectivity index (χ1) is 6.70. The van der Waals surface area contributed by atoms with E-state index >= 15 is 0 Å². The fourth-order valence-electron chi connectivity index (χ4n) is 2.81. The van der Waals surface area contributed by atoms with E-state index in [2.05, 4.69) is 6.58 Å². The molecule has 0 heterocycles. The Balaban J connectivity index is 2.39. The van der Waals surface area contributed by atoms with E-state index in [1.54, 1.807) is 6.08 Å². The molecule has 0 spiro atoms. The second-order valence-electron chi connectivity index (χ2n) is 4.03. The number of aliphatic hydroxyl groups is 2. The molecule has 4 atom stereocenters. The summed E-state index contributed by atoms with van der Waals surface area (Å²) in [6.45, 7) is 5.65. The molecule has 0 aromatic heterocycles. The van der Waals surface area contributed by atoms with Gasteiger partial charge in [-0.2, -0.15) is 0 Å². The molecule has 2 aliphatic carbocycles. The van der Waals surface area contributed by atoms with E-state index in [9.17, 15) is 10.2 Å². The molecular formula is C12H16O2. The zero-order chi connectivity index (χ0) is 10.3. The van der Waals surface area contributed by atoms with Gasteiger partial charge in [0.1, 0.15) is 0 Å². The van der Waals surface area contributed by atoms with Crippen molar-refractivity contribution in [3.63, 3.8) is 0 Å². The van der Waals surface area contributed by atoms with E-state index in [1.165, 1.54) is 5.57 Å². The van der Waals surface area contributed by atoms with Gasteiger partial charge >= 0.3 is 0 Å². The van der Waals surface area contributed by atoms with Gasteiger partial charge in [-0.15, -0.1) is 0 Å². The van der Waals surface area contributed by atoms with Gasteiger partial charge < -0.3 is 10.2 Å². The molecule has 0 aliphatic heterocycles. The van der Waals surface area contributed by atoms with E-state index in [0.717, 1.165) is 12.0 Å². The van der Waals surface area contributed by atoms with Gasteiger partial charge in [0.05, 0.1) is 12.2 Å². The van der Waals surface area contributed by atoms with Crippen LogP contribution in [0.5, 0.6) is 0 Å². The lowest BCUT2D eigenvalue weighted by atomic mass is 9.85. The second-order valence-corrected chi connectivity index (χ2v) is 4.03. The summed E-state index contributed by atoms with van der Waals surface area (Å²) in [6.07, 6.45) is 5.45. The molecule has 0 saturated heterocycles. The average Bonchev–Trinajstić information content (AvgIpc) is 2.66. The van der Waals surface area contributed by atoms with Crippen LogP contribution in [0.1, 0.15) is 13.3 Å². The highest BCUT2D eigenvalue weighted by molar-refractivity contribution is 5.46. The topological polar surface area (TPSA) is 40.5 Å². The number of hydrogen-bond donors (Lipinski definition) is 2. The first kappa shape index (κ1) is 9.69. The third kappa shape index (κ3) is 1.11. The minimum atomic E-state index is -0.588. The predicted molar refractivity (Wildman–Crippen MR) is 55.6 cm³/mol. The van der Waals surface area contributed by atoms with Crippen molar-refractivity contribution < 1.29 is 10.2 Å². The largest absolute Gasteiger partial charge is 0.390 e. The smallest absolute Gasteiger partial charge is 0.0873 e. The molecule has 76 valence electrons. The third-order valence-corrected chi connectivity index (χ3v) is 3.42.